The highest BCUT2D eigenvalue weighted by molar-refractivity contribution is 5.59. The summed E-state index contributed by atoms with van der Waals surface area (Å²) < 4.78 is 5.49. The molecule has 3 rings (SSSR count). The van der Waals surface area contributed by atoms with Crippen molar-refractivity contribution in [2.45, 2.75) is 51.0 Å². The summed E-state index contributed by atoms with van der Waals surface area (Å²) in [6, 6.07) is 8.06. The van der Waals surface area contributed by atoms with E-state index in [1.54, 1.807) is 0 Å². The van der Waals surface area contributed by atoms with Gasteiger partial charge in [-0.15, -0.1) is 0 Å². The number of aromatic nitrogens is 2. The largest absolute Gasteiger partial charge is 0.337 e. The van der Waals surface area contributed by atoms with Crippen molar-refractivity contribution in [2.75, 3.05) is 0 Å². The van der Waals surface area contributed by atoms with Gasteiger partial charge in [0.25, 0.3) is 0 Å². The second-order valence-electron chi connectivity index (χ2n) is 5.81. The summed E-state index contributed by atoms with van der Waals surface area (Å²) in [6.45, 7) is 2.05. The van der Waals surface area contributed by atoms with Gasteiger partial charge in [-0.05, 0) is 25.3 Å². The molecule has 1 heterocycles. The molecule has 1 aliphatic rings. The molecule has 1 fully saturated rings. The summed E-state index contributed by atoms with van der Waals surface area (Å²) in [6.07, 6.45) is 6.64. The Kier molecular flexibility index (Phi) is 3.57. The Morgan fingerprint density at radius 2 is 1.80 bits per heavy atom. The SMILES string of the molecule is Cc1ccccc1-c1noc(C2(N)CCCCCC2)n1. The van der Waals surface area contributed by atoms with E-state index in [4.69, 9.17) is 10.3 Å². The molecule has 1 aromatic heterocycles. The van der Waals surface area contributed by atoms with Crippen LogP contribution in [0.15, 0.2) is 28.8 Å². The van der Waals surface area contributed by atoms with Gasteiger partial charge in [-0.2, -0.15) is 4.98 Å². The molecule has 1 aromatic carbocycles. The number of rotatable bonds is 2. The number of nitrogens with two attached hydrogens (primary N) is 1. The molecule has 2 N–H and O–H groups in total. The average molecular weight is 271 g/mol. The Labute approximate surface area is 119 Å². The Morgan fingerprint density at radius 3 is 2.50 bits per heavy atom. The third kappa shape index (κ3) is 2.48. The van der Waals surface area contributed by atoms with Crippen LogP contribution >= 0.6 is 0 Å². The molecule has 1 saturated carbocycles. The van der Waals surface area contributed by atoms with E-state index in [0.29, 0.717) is 11.7 Å². The van der Waals surface area contributed by atoms with E-state index >= 15 is 0 Å². The van der Waals surface area contributed by atoms with Crippen molar-refractivity contribution in [3.63, 3.8) is 0 Å². The van der Waals surface area contributed by atoms with Crippen molar-refractivity contribution in [1.82, 2.24) is 10.1 Å². The number of nitrogens with zero attached hydrogens (tertiary/aromatic N) is 2. The molecule has 0 unspecified atom stereocenters. The maximum atomic E-state index is 6.51. The minimum Gasteiger partial charge on any atom is -0.337 e. The fourth-order valence-electron chi connectivity index (χ4n) is 2.93. The lowest BCUT2D eigenvalue weighted by Gasteiger charge is -2.22. The van der Waals surface area contributed by atoms with Crippen molar-refractivity contribution >= 4 is 0 Å². The van der Waals surface area contributed by atoms with Crippen LogP contribution < -0.4 is 5.73 Å². The average Bonchev–Trinajstić information content (AvgIpc) is 2.84. The van der Waals surface area contributed by atoms with Crippen molar-refractivity contribution in [1.29, 1.82) is 0 Å². The van der Waals surface area contributed by atoms with Gasteiger partial charge in [0.05, 0.1) is 5.54 Å². The highest BCUT2D eigenvalue weighted by Gasteiger charge is 2.34. The van der Waals surface area contributed by atoms with E-state index in [0.717, 1.165) is 36.8 Å². The van der Waals surface area contributed by atoms with Gasteiger partial charge in [0.1, 0.15) is 0 Å². The Morgan fingerprint density at radius 1 is 1.10 bits per heavy atom. The molecule has 20 heavy (non-hydrogen) atoms. The third-order valence-electron chi connectivity index (χ3n) is 4.23. The van der Waals surface area contributed by atoms with Crippen LogP contribution in [0.5, 0.6) is 0 Å². The molecule has 0 atom stereocenters. The van der Waals surface area contributed by atoms with Gasteiger partial charge in [-0.1, -0.05) is 55.1 Å². The predicted octanol–water partition coefficient (Wildman–Crippen LogP) is 3.55. The molecule has 0 aliphatic heterocycles. The summed E-state index contributed by atoms with van der Waals surface area (Å²) in [7, 11) is 0. The first-order valence-corrected chi connectivity index (χ1v) is 7.38. The number of aryl methyl sites for hydroxylation is 1. The number of benzene rings is 1. The minimum absolute atomic E-state index is 0.440. The zero-order valence-corrected chi connectivity index (χ0v) is 11.9. The summed E-state index contributed by atoms with van der Waals surface area (Å²) in [5.74, 6) is 1.24. The van der Waals surface area contributed by atoms with Gasteiger partial charge in [0.2, 0.25) is 11.7 Å². The standard InChI is InChI=1S/C16H21N3O/c1-12-8-4-5-9-13(12)14-18-15(20-19-14)16(17)10-6-2-3-7-11-16/h4-5,8-9H,2-3,6-7,10-11,17H2,1H3. The summed E-state index contributed by atoms with van der Waals surface area (Å²) in [5.41, 5.74) is 8.23. The van der Waals surface area contributed by atoms with Gasteiger partial charge < -0.3 is 10.3 Å². The van der Waals surface area contributed by atoms with Gasteiger partial charge in [0.15, 0.2) is 0 Å². The first-order valence-electron chi connectivity index (χ1n) is 7.38. The zero-order chi connectivity index (χ0) is 14.0. The molecular weight excluding hydrogens is 250 g/mol. The molecule has 0 amide bonds. The van der Waals surface area contributed by atoms with Gasteiger partial charge in [-0.25, -0.2) is 0 Å². The van der Waals surface area contributed by atoms with Crippen molar-refractivity contribution < 1.29 is 4.52 Å². The van der Waals surface area contributed by atoms with Gasteiger partial charge >= 0.3 is 0 Å². The molecule has 106 valence electrons. The normalized spacial score (nSPS) is 18.7. The quantitative estimate of drug-likeness (QED) is 0.848. The Bertz CT molecular complexity index is 583. The molecule has 2 aromatic rings. The van der Waals surface area contributed by atoms with E-state index in [-0.39, 0.29) is 0 Å². The minimum atomic E-state index is -0.440. The van der Waals surface area contributed by atoms with Crippen LogP contribution in [0.4, 0.5) is 0 Å². The maximum Gasteiger partial charge on any atom is 0.247 e. The Hall–Kier alpha value is -1.68. The Balaban J connectivity index is 1.92. The topological polar surface area (TPSA) is 64.9 Å². The molecule has 0 spiro atoms. The van der Waals surface area contributed by atoms with Crippen LogP contribution in [0.25, 0.3) is 11.4 Å². The summed E-state index contributed by atoms with van der Waals surface area (Å²) in [4.78, 5) is 4.58. The lowest BCUT2D eigenvalue weighted by atomic mass is 9.91. The van der Waals surface area contributed by atoms with E-state index in [9.17, 15) is 0 Å². The first-order chi connectivity index (χ1) is 9.69. The fraction of sp³-hybridized carbons (Fsp3) is 0.500. The van der Waals surface area contributed by atoms with Crippen LogP contribution in [0.2, 0.25) is 0 Å². The smallest absolute Gasteiger partial charge is 0.247 e. The molecule has 1 aliphatic carbocycles. The van der Waals surface area contributed by atoms with E-state index in [2.05, 4.69) is 23.1 Å². The van der Waals surface area contributed by atoms with Crippen LogP contribution in [-0.2, 0) is 5.54 Å². The van der Waals surface area contributed by atoms with Crippen molar-refractivity contribution in [2.24, 2.45) is 5.73 Å². The molecular formula is C16H21N3O. The summed E-state index contributed by atoms with van der Waals surface area (Å²) >= 11 is 0. The van der Waals surface area contributed by atoms with Crippen LogP contribution in [0.1, 0.15) is 50.0 Å². The second kappa shape index (κ2) is 5.37. The molecule has 4 nitrogen and oxygen atoms in total. The van der Waals surface area contributed by atoms with Crippen molar-refractivity contribution in [3.8, 4) is 11.4 Å². The molecule has 4 heteroatoms. The lowest BCUT2D eigenvalue weighted by Crippen LogP contribution is -2.36. The van der Waals surface area contributed by atoms with Crippen LogP contribution in [0, 0.1) is 6.92 Å². The second-order valence-corrected chi connectivity index (χ2v) is 5.81. The summed E-state index contributed by atoms with van der Waals surface area (Å²) in [5, 5.41) is 4.13. The third-order valence-corrected chi connectivity index (χ3v) is 4.23. The predicted molar refractivity (Wildman–Crippen MR) is 78.0 cm³/mol. The fourth-order valence-corrected chi connectivity index (χ4v) is 2.93. The van der Waals surface area contributed by atoms with Crippen molar-refractivity contribution in [3.05, 3.63) is 35.7 Å². The number of hydrogen-bond donors (Lipinski definition) is 1. The first kappa shape index (κ1) is 13.3. The number of hydrogen-bond acceptors (Lipinski definition) is 4. The monoisotopic (exact) mass is 271 g/mol. The van der Waals surface area contributed by atoms with Gasteiger partial charge in [-0.3, -0.25) is 0 Å². The van der Waals surface area contributed by atoms with Crippen LogP contribution in [-0.4, -0.2) is 10.1 Å². The highest BCUT2D eigenvalue weighted by Crippen LogP contribution is 2.33. The molecule has 0 saturated heterocycles. The maximum absolute atomic E-state index is 6.51. The lowest BCUT2D eigenvalue weighted by molar-refractivity contribution is 0.257. The molecule has 0 bridgehead atoms. The molecule has 0 radical (unpaired) electrons. The van der Waals surface area contributed by atoms with E-state index < -0.39 is 5.54 Å². The zero-order valence-electron chi connectivity index (χ0n) is 11.9. The van der Waals surface area contributed by atoms with E-state index in [1.807, 2.05) is 18.2 Å². The van der Waals surface area contributed by atoms with Gasteiger partial charge in [0, 0.05) is 5.56 Å². The highest BCUT2D eigenvalue weighted by atomic mass is 16.5. The van der Waals surface area contributed by atoms with E-state index in [1.165, 1.54) is 12.8 Å². The van der Waals surface area contributed by atoms with Crippen LogP contribution in [0.3, 0.4) is 0 Å².